The number of likely N-dealkylation sites (N-methyl/N-ethyl adjacent to an activating group) is 1. The van der Waals surface area contributed by atoms with E-state index < -0.39 is 17.7 Å². The molecule has 3 rings (SSSR count). The van der Waals surface area contributed by atoms with Crippen LogP contribution in [0.5, 0.6) is 11.5 Å². The standard InChI is InChI=1S/C27H34N2O5/c1-7-28(8-2)13-14-29-23(19-9-11-20(33-5)12-10-19)22(25(31)27(29)32)24(30)21-16-17(3)15-18(4)26(21)34-6/h9-12,15-16,23,30H,7-8,13-14H2,1-6H3/b24-22+. The highest BCUT2D eigenvalue weighted by molar-refractivity contribution is 6.46. The highest BCUT2D eigenvalue weighted by Crippen LogP contribution is 2.42. The first-order valence-electron chi connectivity index (χ1n) is 11.6. The van der Waals surface area contributed by atoms with Gasteiger partial charge in [0.15, 0.2) is 0 Å². The number of nitrogens with zero attached hydrogens (tertiary/aromatic N) is 2. The van der Waals surface area contributed by atoms with Crippen LogP contribution < -0.4 is 9.47 Å². The van der Waals surface area contributed by atoms with Crippen LogP contribution in [0.4, 0.5) is 0 Å². The zero-order valence-electron chi connectivity index (χ0n) is 20.8. The number of aliphatic hydroxyl groups excluding tert-OH is 1. The van der Waals surface area contributed by atoms with Crippen molar-refractivity contribution in [3.05, 3.63) is 64.2 Å². The molecule has 0 aromatic heterocycles. The molecule has 0 spiro atoms. The number of carbonyl (C=O) groups excluding carboxylic acids is 2. The third kappa shape index (κ3) is 4.80. The first kappa shape index (κ1) is 25.3. The molecule has 1 atom stereocenters. The van der Waals surface area contributed by atoms with Crippen LogP contribution in [0.15, 0.2) is 42.0 Å². The maximum Gasteiger partial charge on any atom is 0.295 e. The molecule has 1 aliphatic heterocycles. The largest absolute Gasteiger partial charge is 0.507 e. The summed E-state index contributed by atoms with van der Waals surface area (Å²) in [5, 5.41) is 11.5. The highest BCUT2D eigenvalue weighted by atomic mass is 16.5. The van der Waals surface area contributed by atoms with Crippen molar-refractivity contribution in [3.63, 3.8) is 0 Å². The predicted molar refractivity (Wildman–Crippen MR) is 132 cm³/mol. The molecule has 2 aromatic carbocycles. The number of Topliss-reactive ketones (excluding diaryl/α,β-unsaturated/α-hetero) is 1. The molecule has 0 aliphatic carbocycles. The second kappa shape index (κ2) is 10.7. The van der Waals surface area contributed by atoms with Crippen LogP contribution in [0.3, 0.4) is 0 Å². The van der Waals surface area contributed by atoms with E-state index in [1.54, 1.807) is 30.2 Å². The molecule has 1 unspecified atom stereocenters. The number of aryl methyl sites for hydroxylation is 2. The molecule has 2 aromatic rings. The Morgan fingerprint density at radius 1 is 1.03 bits per heavy atom. The molecule has 182 valence electrons. The number of ketones is 1. The van der Waals surface area contributed by atoms with Crippen LogP contribution in [0, 0.1) is 13.8 Å². The van der Waals surface area contributed by atoms with Gasteiger partial charge in [-0.15, -0.1) is 0 Å². The molecule has 1 saturated heterocycles. The fourth-order valence-corrected chi connectivity index (χ4v) is 4.58. The number of methoxy groups -OCH3 is 2. The normalized spacial score (nSPS) is 17.5. The molecule has 1 heterocycles. The van der Waals surface area contributed by atoms with E-state index in [2.05, 4.69) is 18.7 Å². The Morgan fingerprint density at radius 3 is 2.24 bits per heavy atom. The van der Waals surface area contributed by atoms with Gasteiger partial charge in [-0.1, -0.05) is 32.0 Å². The molecule has 7 heteroatoms. The highest BCUT2D eigenvalue weighted by Gasteiger charge is 2.46. The van der Waals surface area contributed by atoms with E-state index >= 15 is 0 Å². The van der Waals surface area contributed by atoms with Crippen LogP contribution >= 0.6 is 0 Å². The first-order valence-corrected chi connectivity index (χ1v) is 11.6. The Hall–Kier alpha value is -3.32. The molecule has 1 fully saturated rings. The van der Waals surface area contributed by atoms with Crippen molar-refractivity contribution >= 4 is 17.4 Å². The summed E-state index contributed by atoms with van der Waals surface area (Å²) in [6, 6.07) is 10.2. The smallest absolute Gasteiger partial charge is 0.295 e. The molecule has 34 heavy (non-hydrogen) atoms. The van der Waals surface area contributed by atoms with Crippen LogP contribution in [0.25, 0.3) is 5.76 Å². The number of hydrogen-bond donors (Lipinski definition) is 1. The Labute approximate surface area is 201 Å². The van der Waals surface area contributed by atoms with Crippen LogP contribution in [-0.2, 0) is 9.59 Å². The zero-order valence-corrected chi connectivity index (χ0v) is 20.8. The van der Waals surface area contributed by atoms with Crippen molar-refractivity contribution in [2.75, 3.05) is 40.4 Å². The Balaban J connectivity index is 2.19. The molecule has 7 nitrogen and oxygen atoms in total. The summed E-state index contributed by atoms with van der Waals surface area (Å²) in [5.74, 6) is -0.393. The summed E-state index contributed by atoms with van der Waals surface area (Å²) in [7, 11) is 3.11. The first-order chi connectivity index (χ1) is 16.3. The number of aliphatic hydroxyl groups is 1. The van der Waals surface area contributed by atoms with E-state index in [-0.39, 0.29) is 11.3 Å². The average Bonchev–Trinajstić information content (AvgIpc) is 3.08. The third-order valence-corrected chi connectivity index (χ3v) is 6.40. The van der Waals surface area contributed by atoms with Gasteiger partial charge in [-0.25, -0.2) is 0 Å². The lowest BCUT2D eigenvalue weighted by Gasteiger charge is -2.28. The van der Waals surface area contributed by atoms with E-state index in [1.165, 1.54) is 7.11 Å². The van der Waals surface area contributed by atoms with Crippen molar-refractivity contribution < 1.29 is 24.2 Å². The van der Waals surface area contributed by atoms with E-state index in [9.17, 15) is 14.7 Å². The fraction of sp³-hybridized carbons (Fsp3) is 0.407. The van der Waals surface area contributed by atoms with Gasteiger partial charge < -0.3 is 24.4 Å². The number of carbonyl (C=O) groups is 2. The molecular formula is C27H34N2O5. The number of hydrogen-bond acceptors (Lipinski definition) is 6. The van der Waals surface area contributed by atoms with Crippen LogP contribution in [-0.4, -0.2) is 67.0 Å². The summed E-state index contributed by atoms with van der Waals surface area (Å²) in [5.41, 5.74) is 2.94. The Kier molecular flexibility index (Phi) is 7.99. The maximum atomic E-state index is 13.3. The molecule has 1 amide bonds. The molecule has 0 radical (unpaired) electrons. The number of ether oxygens (including phenoxy) is 2. The minimum absolute atomic E-state index is 0.0676. The van der Waals surface area contributed by atoms with E-state index in [4.69, 9.17) is 9.47 Å². The van der Waals surface area contributed by atoms with Crippen molar-refractivity contribution in [1.82, 2.24) is 9.80 Å². The van der Waals surface area contributed by atoms with Gasteiger partial charge in [0, 0.05) is 13.1 Å². The van der Waals surface area contributed by atoms with Gasteiger partial charge in [-0.2, -0.15) is 0 Å². The second-order valence-corrected chi connectivity index (χ2v) is 8.46. The quantitative estimate of drug-likeness (QED) is 0.341. The van der Waals surface area contributed by atoms with E-state index in [1.807, 2.05) is 32.0 Å². The molecule has 1 N–H and O–H groups in total. The summed E-state index contributed by atoms with van der Waals surface area (Å²) >= 11 is 0. The van der Waals surface area contributed by atoms with Gasteiger partial charge in [0.2, 0.25) is 0 Å². The molecule has 0 bridgehead atoms. The van der Waals surface area contributed by atoms with Gasteiger partial charge in [0.05, 0.1) is 31.4 Å². The van der Waals surface area contributed by atoms with Crippen LogP contribution in [0.1, 0.15) is 42.1 Å². The van der Waals surface area contributed by atoms with Crippen molar-refractivity contribution in [3.8, 4) is 11.5 Å². The molecule has 0 saturated carbocycles. The SMILES string of the molecule is CCN(CC)CCN1C(=O)C(=O)/C(=C(/O)c2cc(C)cc(C)c2OC)C1c1ccc(OC)cc1. The predicted octanol–water partition coefficient (Wildman–Crippen LogP) is 4.08. The van der Waals surface area contributed by atoms with Crippen molar-refractivity contribution in [2.24, 2.45) is 0 Å². The number of likely N-dealkylation sites (tertiary alicyclic amines) is 1. The number of amides is 1. The number of benzene rings is 2. The van der Waals surface area contributed by atoms with Gasteiger partial charge >= 0.3 is 0 Å². The summed E-state index contributed by atoms with van der Waals surface area (Å²) in [6.07, 6.45) is 0. The average molecular weight is 467 g/mol. The maximum absolute atomic E-state index is 13.3. The van der Waals surface area contributed by atoms with E-state index in [0.29, 0.717) is 30.2 Å². The van der Waals surface area contributed by atoms with Gasteiger partial charge in [0.1, 0.15) is 17.3 Å². The Bertz CT molecular complexity index is 1090. The van der Waals surface area contributed by atoms with Gasteiger partial charge in [-0.3, -0.25) is 9.59 Å². The molecular weight excluding hydrogens is 432 g/mol. The van der Waals surface area contributed by atoms with Gasteiger partial charge in [0.25, 0.3) is 11.7 Å². The topological polar surface area (TPSA) is 79.3 Å². The number of rotatable bonds is 9. The zero-order chi connectivity index (χ0) is 25.0. The summed E-state index contributed by atoms with van der Waals surface area (Å²) < 4.78 is 10.8. The monoisotopic (exact) mass is 466 g/mol. The summed E-state index contributed by atoms with van der Waals surface area (Å²) in [4.78, 5) is 30.2. The summed E-state index contributed by atoms with van der Waals surface area (Å²) in [6.45, 7) is 10.6. The lowest BCUT2D eigenvalue weighted by Crippen LogP contribution is -2.38. The lowest BCUT2D eigenvalue weighted by atomic mass is 9.93. The minimum atomic E-state index is -0.716. The second-order valence-electron chi connectivity index (χ2n) is 8.46. The van der Waals surface area contributed by atoms with Crippen LogP contribution in [0.2, 0.25) is 0 Å². The van der Waals surface area contributed by atoms with Crippen molar-refractivity contribution in [1.29, 1.82) is 0 Å². The third-order valence-electron chi connectivity index (χ3n) is 6.40. The Morgan fingerprint density at radius 2 is 1.68 bits per heavy atom. The fourth-order valence-electron chi connectivity index (χ4n) is 4.58. The minimum Gasteiger partial charge on any atom is -0.507 e. The van der Waals surface area contributed by atoms with Gasteiger partial charge in [-0.05, 0) is 61.8 Å². The van der Waals surface area contributed by atoms with Crippen molar-refractivity contribution in [2.45, 2.75) is 33.7 Å². The molecule has 1 aliphatic rings. The lowest BCUT2D eigenvalue weighted by molar-refractivity contribution is -0.140. The van der Waals surface area contributed by atoms with E-state index in [0.717, 1.165) is 29.8 Å².